The van der Waals surface area contributed by atoms with Gasteiger partial charge in [0.15, 0.2) is 0 Å². The fourth-order valence-corrected chi connectivity index (χ4v) is 4.89. The number of carbonyl (C=O) groups is 3. The number of rotatable bonds is 8. The number of carboxylic acid groups (broad SMARTS) is 1. The van der Waals surface area contributed by atoms with Crippen LogP contribution in [-0.4, -0.2) is 66.9 Å². The van der Waals surface area contributed by atoms with Gasteiger partial charge in [-0.15, -0.1) is 0 Å². The molecule has 2 amide bonds. The fourth-order valence-electron chi connectivity index (χ4n) is 4.89. The zero-order valence-corrected chi connectivity index (χ0v) is 19.4. The maximum absolute atomic E-state index is 12.8. The van der Waals surface area contributed by atoms with Crippen LogP contribution in [0.4, 0.5) is 4.79 Å². The Hall–Kier alpha value is -3.39. The number of hydrogen-bond acceptors (Lipinski definition) is 5. The van der Waals surface area contributed by atoms with Gasteiger partial charge in [0, 0.05) is 38.5 Å². The second-order valence-electron chi connectivity index (χ2n) is 8.88. The Labute approximate surface area is 198 Å². The molecule has 180 valence electrons. The van der Waals surface area contributed by atoms with E-state index in [0.717, 1.165) is 22.3 Å². The van der Waals surface area contributed by atoms with E-state index in [4.69, 9.17) is 9.47 Å². The summed E-state index contributed by atoms with van der Waals surface area (Å²) < 4.78 is 10.8. The predicted octanol–water partition coefficient (Wildman–Crippen LogP) is 3.25. The summed E-state index contributed by atoms with van der Waals surface area (Å²) in [7, 11) is 1.51. The SMILES string of the molecule is COC1CC(C(=O)O)N(C(=O)C(C)CCNC(=O)OCC2c3ccccc3-c3ccccc32)C1. The smallest absolute Gasteiger partial charge is 0.407 e. The van der Waals surface area contributed by atoms with E-state index < -0.39 is 24.0 Å². The van der Waals surface area contributed by atoms with E-state index in [0.29, 0.717) is 6.42 Å². The summed E-state index contributed by atoms with van der Waals surface area (Å²) in [4.78, 5) is 38.0. The van der Waals surface area contributed by atoms with Crippen molar-refractivity contribution in [1.29, 1.82) is 0 Å². The molecule has 0 saturated carbocycles. The first kappa shape index (κ1) is 23.8. The van der Waals surface area contributed by atoms with Crippen molar-refractivity contribution in [1.82, 2.24) is 10.2 Å². The van der Waals surface area contributed by atoms with Gasteiger partial charge in [-0.3, -0.25) is 4.79 Å². The third kappa shape index (κ3) is 4.77. The van der Waals surface area contributed by atoms with Gasteiger partial charge in [0.25, 0.3) is 0 Å². The van der Waals surface area contributed by atoms with Crippen LogP contribution in [-0.2, 0) is 19.1 Å². The van der Waals surface area contributed by atoms with Crippen molar-refractivity contribution in [2.45, 2.75) is 37.8 Å². The quantitative estimate of drug-likeness (QED) is 0.619. The van der Waals surface area contributed by atoms with E-state index in [-0.39, 0.29) is 44.0 Å². The molecule has 2 aliphatic rings. The van der Waals surface area contributed by atoms with Gasteiger partial charge in [0.2, 0.25) is 5.91 Å². The third-order valence-corrected chi connectivity index (χ3v) is 6.78. The molecule has 8 nitrogen and oxygen atoms in total. The third-order valence-electron chi connectivity index (χ3n) is 6.78. The topological polar surface area (TPSA) is 105 Å². The molecule has 1 heterocycles. The van der Waals surface area contributed by atoms with Crippen LogP contribution in [0.25, 0.3) is 11.1 Å². The Balaban J connectivity index is 1.27. The number of alkyl carbamates (subject to hydrolysis) is 1. The van der Waals surface area contributed by atoms with Crippen molar-refractivity contribution in [3.05, 3.63) is 59.7 Å². The molecule has 2 N–H and O–H groups in total. The monoisotopic (exact) mass is 466 g/mol. The number of methoxy groups -OCH3 is 1. The lowest BCUT2D eigenvalue weighted by molar-refractivity contribution is -0.149. The first-order chi connectivity index (χ1) is 16.4. The van der Waals surface area contributed by atoms with Crippen molar-refractivity contribution in [3.63, 3.8) is 0 Å². The van der Waals surface area contributed by atoms with E-state index in [1.54, 1.807) is 6.92 Å². The molecule has 0 bridgehead atoms. The van der Waals surface area contributed by atoms with Crippen LogP contribution in [0.5, 0.6) is 0 Å². The molecular formula is C26H30N2O6. The van der Waals surface area contributed by atoms with Gasteiger partial charge >= 0.3 is 12.1 Å². The molecule has 8 heteroatoms. The molecule has 0 spiro atoms. The zero-order chi connectivity index (χ0) is 24.2. The van der Waals surface area contributed by atoms with Gasteiger partial charge in [0.1, 0.15) is 12.6 Å². The first-order valence-corrected chi connectivity index (χ1v) is 11.6. The largest absolute Gasteiger partial charge is 0.480 e. The number of ether oxygens (including phenoxy) is 2. The molecule has 1 aliphatic carbocycles. The van der Waals surface area contributed by atoms with Gasteiger partial charge in [-0.25, -0.2) is 9.59 Å². The number of carbonyl (C=O) groups excluding carboxylic acids is 2. The molecule has 4 rings (SSSR count). The molecular weight excluding hydrogens is 436 g/mol. The molecule has 0 radical (unpaired) electrons. The van der Waals surface area contributed by atoms with Crippen LogP contribution < -0.4 is 5.32 Å². The maximum Gasteiger partial charge on any atom is 0.407 e. The molecule has 2 aromatic rings. The minimum absolute atomic E-state index is 0.0181. The Bertz CT molecular complexity index is 1030. The van der Waals surface area contributed by atoms with Gasteiger partial charge in [0.05, 0.1) is 6.10 Å². The molecule has 34 heavy (non-hydrogen) atoms. The lowest BCUT2D eigenvalue weighted by Crippen LogP contribution is -2.43. The Morgan fingerprint density at radius 1 is 1.09 bits per heavy atom. The second-order valence-corrected chi connectivity index (χ2v) is 8.88. The number of likely N-dealkylation sites (tertiary alicyclic amines) is 1. The summed E-state index contributed by atoms with van der Waals surface area (Å²) in [6.07, 6.45) is -0.159. The number of amides is 2. The highest BCUT2D eigenvalue weighted by atomic mass is 16.5. The normalized spacial score (nSPS) is 19.9. The second kappa shape index (κ2) is 10.3. The van der Waals surface area contributed by atoms with Crippen LogP contribution in [0, 0.1) is 5.92 Å². The van der Waals surface area contributed by atoms with Crippen LogP contribution in [0.2, 0.25) is 0 Å². The number of carboxylic acids is 1. The van der Waals surface area contributed by atoms with Crippen molar-refractivity contribution < 1.29 is 29.0 Å². The molecule has 3 unspecified atom stereocenters. The molecule has 3 atom stereocenters. The minimum atomic E-state index is -1.03. The number of hydrogen-bond donors (Lipinski definition) is 2. The first-order valence-electron chi connectivity index (χ1n) is 11.6. The van der Waals surface area contributed by atoms with Gasteiger partial charge in [-0.05, 0) is 28.7 Å². The van der Waals surface area contributed by atoms with E-state index in [9.17, 15) is 19.5 Å². The van der Waals surface area contributed by atoms with Crippen LogP contribution in [0.1, 0.15) is 36.8 Å². The highest BCUT2D eigenvalue weighted by Crippen LogP contribution is 2.44. The van der Waals surface area contributed by atoms with Gasteiger partial charge in [-0.1, -0.05) is 55.5 Å². The lowest BCUT2D eigenvalue weighted by atomic mass is 9.98. The summed E-state index contributed by atoms with van der Waals surface area (Å²) in [6.45, 7) is 2.47. The van der Waals surface area contributed by atoms with Crippen molar-refractivity contribution in [2.75, 3.05) is 26.8 Å². The summed E-state index contributed by atoms with van der Waals surface area (Å²) in [5.41, 5.74) is 4.61. The summed E-state index contributed by atoms with van der Waals surface area (Å²) in [6, 6.07) is 15.4. The molecule has 1 aliphatic heterocycles. The number of benzene rings is 2. The summed E-state index contributed by atoms with van der Waals surface area (Å²) in [5.74, 6) is -1.74. The molecule has 1 fully saturated rings. The summed E-state index contributed by atoms with van der Waals surface area (Å²) >= 11 is 0. The number of aliphatic carboxylic acids is 1. The van der Waals surface area contributed by atoms with Crippen LogP contribution in [0.3, 0.4) is 0 Å². The Kier molecular flexibility index (Phi) is 7.17. The number of fused-ring (bicyclic) bond motifs is 3. The summed E-state index contributed by atoms with van der Waals surface area (Å²) in [5, 5.41) is 12.1. The van der Waals surface area contributed by atoms with Gasteiger partial charge < -0.3 is 24.8 Å². The molecule has 0 aromatic heterocycles. The lowest BCUT2D eigenvalue weighted by Gasteiger charge is -2.24. The average Bonchev–Trinajstić information content (AvgIpc) is 3.42. The Morgan fingerprint density at radius 2 is 1.71 bits per heavy atom. The molecule has 1 saturated heterocycles. The van der Waals surface area contributed by atoms with E-state index >= 15 is 0 Å². The van der Waals surface area contributed by atoms with E-state index in [1.165, 1.54) is 12.0 Å². The van der Waals surface area contributed by atoms with Crippen molar-refractivity contribution in [3.8, 4) is 11.1 Å². The predicted molar refractivity (Wildman–Crippen MR) is 125 cm³/mol. The standard InChI is InChI=1S/C26H30N2O6/c1-16(24(29)28-14-17(33-2)13-23(28)25(30)31)11-12-27-26(32)34-15-22-20-9-5-3-7-18(20)19-8-4-6-10-21(19)22/h3-10,16-17,22-23H,11-15H2,1-2H3,(H,27,32)(H,30,31). The van der Waals surface area contributed by atoms with E-state index in [1.807, 2.05) is 24.3 Å². The Morgan fingerprint density at radius 3 is 2.29 bits per heavy atom. The number of nitrogens with one attached hydrogen (secondary N) is 1. The average molecular weight is 467 g/mol. The van der Waals surface area contributed by atoms with Crippen LogP contribution >= 0.6 is 0 Å². The fraction of sp³-hybridized carbons (Fsp3) is 0.423. The molecule has 2 aromatic carbocycles. The maximum atomic E-state index is 12.8. The highest BCUT2D eigenvalue weighted by molar-refractivity contribution is 5.85. The van der Waals surface area contributed by atoms with Crippen molar-refractivity contribution in [2.24, 2.45) is 5.92 Å². The zero-order valence-electron chi connectivity index (χ0n) is 19.4. The number of nitrogens with zero attached hydrogens (tertiary/aromatic N) is 1. The van der Waals surface area contributed by atoms with Gasteiger partial charge in [-0.2, -0.15) is 0 Å². The van der Waals surface area contributed by atoms with E-state index in [2.05, 4.69) is 29.6 Å². The minimum Gasteiger partial charge on any atom is -0.480 e. The van der Waals surface area contributed by atoms with Crippen molar-refractivity contribution >= 4 is 18.0 Å². The highest BCUT2D eigenvalue weighted by Gasteiger charge is 2.41. The van der Waals surface area contributed by atoms with Crippen LogP contribution in [0.15, 0.2) is 48.5 Å².